The SMILES string of the molecule is CCSc1ncc(CN2CCC3(CC2)C(=O)N(C)C(=O)N3C)cn1. The number of rotatable bonds is 4. The molecule has 2 aliphatic heterocycles. The van der Waals surface area contributed by atoms with Crippen molar-refractivity contribution in [2.45, 2.75) is 37.0 Å². The lowest BCUT2D eigenvalue weighted by Crippen LogP contribution is -2.55. The van der Waals surface area contributed by atoms with Gasteiger partial charge in [0.25, 0.3) is 5.91 Å². The van der Waals surface area contributed by atoms with Crippen molar-refractivity contribution in [2.75, 3.05) is 32.9 Å². The number of thioether (sulfide) groups is 1. The molecule has 0 bridgehead atoms. The molecular weight excluding hydrogens is 326 g/mol. The minimum atomic E-state index is -0.652. The average Bonchev–Trinajstić information content (AvgIpc) is 2.75. The fourth-order valence-electron chi connectivity index (χ4n) is 3.47. The third kappa shape index (κ3) is 2.88. The molecule has 7 nitrogen and oxygen atoms in total. The van der Waals surface area contributed by atoms with E-state index in [0.717, 1.165) is 36.1 Å². The van der Waals surface area contributed by atoms with Gasteiger partial charge in [0.15, 0.2) is 5.16 Å². The molecule has 0 aromatic carbocycles. The first-order valence-corrected chi connectivity index (χ1v) is 9.18. The lowest BCUT2D eigenvalue weighted by Gasteiger charge is -2.40. The molecule has 0 N–H and O–H groups in total. The van der Waals surface area contributed by atoms with Crippen molar-refractivity contribution >= 4 is 23.7 Å². The number of hydrogen-bond donors (Lipinski definition) is 0. The molecule has 2 saturated heterocycles. The number of likely N-dealkylation sites (tertiary alicyclic amines) is 1. The Labute approximate surface area is 146 Å². The highest BCUT2D eigenvalue weighted by atomic mass is 32.2. The maximum Gasteiger partial charge on any atom is 0.327 e. The summed E-state index contributed by atoms with van der Waals surface area (Å²) in [6.45, 7) is 4.41. The van der Waals surface area contributed by atoms with E-state index >= 15 is 0 Å². The Balaban J connectivity index is 1.61. The van der Waals surface area contributed by atoms with E-state index in [2.05, 4.69) is 21.8 Å². The summed E-state index contributed by atoms with van der Waals surface area (Å²) in [5, 5.41) is 0.804. The second kappa shape index (κ2) is 6.68. The molecule has 24 heavy (non-hydrogen) atoms. The summed E-state index contributed by atoms with van der Waals surface area (Å²) in [6.07, 6.45) is 5.09. The highest BCUT2D eigenvalue weighted by molar-refractivity contribution is 7.99. The van der Waals surface area contributed by atoms with Gasteiger partial charge in [-0.25, -0.2) is 14.8 Å². The summed E-state index contributed by atoms with van der Waals surface area (Å²) in [5.41, 5.74) is 0.422. The van der Waals surface area contributed by atoms with Gasteiger partial charge in [0.2, 0.25) is 0 Å². The number of piperidine rings is 1. The van der Waals surface area contributed by atoms with E-state index in [-0.39, 0.29) is 11.9 Å². The summed E-state index contributed by atoms with van der Waals surface area (Å²) in [5.74, 6) is 0.890. The van der Waals surface area contributed by atoms with E-state index in [1.165, 1.54) is 4.90 Å². The number of nitrogens with zero attached hydrogens (tertiary/aromatic N) is 5. The Kier molecular flexibility index (Phi) is 4.78. The van der Waals surface area contributed by atoms with Crippen LogP contribution in [-0.4, -0.2) is 75.1 Å². The average molecular weight is 349 g/mol. The van der Waals surface area contributed by atoms with Crippen molar-refractivity contribution < 1.29 is 9.59 Å². The number of hydrogen-bond acceptors (Lipinski definition) is 6. The van der Waals surface area contributed by atoms with Crippen LogP contribution in [0.5, 0.6) is 0 Å². The molecule has 3 amide bonds. The van der Waals surface area contributed by atoms with Gasteiger partial charge in [0.1, 0.15) is 5.54 Å². The molecule has 8 heteroatoms. The second-order valence-corrected chi connectivity index (χ2v) is 7.55. The van der Waals surface area contributed by atoms with E-state index < -0.39 is 5.54 Å². The molecule has 0 radical (unpaired) electrons. The molecule has 1 spiro atoms. The monoisotopic (exact) mass is 349 g/mol. The first-order chi connectivity index (χ1) is 11.5. The summed E-state index contributed by atoms with van der Waals surface area (Å²) >= 11 is 1.63. The number of carbonyl (C=O) groups excluding carboxylic acids is 2. The van der Waals surface area contributed by atoms with E-state index in [4.69, 9.17) is 0 Å². The van der Waals surface area contributed by atoms with Gasteiger partial charge in [-0.1, -0.05) is 18.7 Å². The maximum absolute atomic E-state index is 12.5. The minimum absolute atomic E-state index is 0.0704. The lowest BCUT2D eigenvalue weighted by atomic mass is 9.86. The third-order valence-electron chi connectivity index (χ3n) is 4.96. The molecule has 1 aromatic heterocycles. The fraction of sp³-hybridized carbons (Fsp3) is 0.625. The Morgan fingerprint density at radius 3 is 2.29 bits per heavy atom. The summed E-state index contributed by atoms with van der Waals surface area (Å²) in [7, 11) is 3.30. The normalized spacial score (nSPS) is 21.1. The van der Waals surface area contributed by atoms with Crippen LogP contribution in [-0.2, 0) is 11.3 Å². The molecule has 0 saturated carbocycles. The third-order valence-corrected chi connectivity index (χ3v) is 5.72. The Hall–Kier alpha value is -1.67. The van der Waals surface area contributed by atoms with Crippen LogP contribution in [0.2, 0.25) is 0 Å². The van der Waals surface area contributed by atoms with Gasteiger partial charge in [-0.3, -0.25) is 14.6 Å². The first-order valence-electron chi connectivity index (χ1n) is 8.20. The molecule has 0 atom stereocenters. The molecule has 3 rings (SSSR count). The molecule has 0 aliphatic carbocycles. The van der Waals surface area contributed by atoms with Gasteiger partial charge in [0, 0.05) is 51.7 Å². The maximum atomic E-state index is 12.5. The van der Waals surface area contributed by atoms with Crippen molar-refractivity contribution in [3.05, 3.63) is 18.0 Å². The number of imide groups is 1. The van der Waals surface area contributed by atoms with Crippen LogP contribution in [0.15, 0.2) is 17.6 Å². The second-order valence-electron chi connectivity index (χ2n) is 6.32. The zero-order chi connectivity index (χ0) is 17.3. The zero-order valence-corrected chi connectivity index (χ0v) is 15.2. The van der Waals surface area contributed by atoms with Gasteiger partial charge < -0.3 is 4.90 Å². The van der Waals surface area contributed by atoms with Crippen molar-refractivity contribution in [1.82, 2.24) is 24.7 Å². The van der Waals surface area contributed by atoms with Crippen molar-refractivity contribution in [3.8, 4) is 0 Å². The van der Waals surface area contributed by atoms with Crippen LogP contribution < -0.4 is 0 Å². The van der Waals surface area contributed by atoms with Crippen LogP contribution in [0.4, 0.5) is 4.79 Å². The van der Waals surface area contributed by atoms with Gasteiger partial charge in [-0.2, -0.15) is 0 Å². The van der Waals surface area contributed by atoms with Crippen LogP contribution >= 0.6 is 11.8 Å². The van der Waals surface area contributed by atoms with Gasteiger partial charge >= 0.3 is 6.03 Å². The predicted octanol–water partition coefficient (Wildman–Crippen LogP) is 1.45. The molecular formula is C16H23N5O2S. The Bertz CT molecular complexity index is 628. The molecule has 1 aromatic rings. The van der Waals surface area contributed by atoms with Crippen LogP contribution in [0.25, 0.3) is 0 Å². The minimum Gasteiger partial charge on any atom is -0.312 e. The van der Waals surface area contributed by atoms with E-state index in [1.807, 2.05) is 12.4 Å². The summed E-state index contributed by atoms with van der Waals surface area (Å²) < 4.78 is 0. The van der Waals surface area contributed by atoms with Crippen molar-refractivity contribution in [1.29, 1.82) is 0 Å². The molecule has 2 fully saturated rings. The van der Waals surface area contributed by atoms with Crippen LogP contribution in [0.3, 0.4) is 0 Å². The van der Waals surface area contributed by atoms with Crippen molar-refractivity contribution in [2.24, 2.45) is 0 Å². The highest BCUT2D eigenvalue weighted by Crippen LogP contribution is 2.35. The largest absolute Gasteiger partial charge is 0.327 e. The van der Waals surface area contributed by atoms with Crippen LogP contribution in [0.1, 0.15) is 25.3 Å². The highest BCUT2D eigenvalue weighted by Gasteiger charge is 2.55. The first kappa shape index (κ1) is 17.2. The lowest BCUT2D eigenvalue weighted by molar-refractivity contribution is -0.134. The molecule has 2 aliphatic rings. The standard InChI is InChI=1S/C16H23N5O2S/c1-4-24-14-17-9-12(10-18-14)11-21-7-5-16(6-8-21)13(22)19(2)15(23)20(16)3/h9-10H,4-8,11H2,1-3H3. The Morgan fingerprint density at radius 2 is 1.79 bits per heavy atom. The van der Waals surface area contributed by atoms with Crippen LogP contribution in [0, 0.1) is 0 Å². The number of aromatic nitrogens is 2. The van der Waals surface area contributed by atoms with E-state index in [9.17, 15) is 9.59 Å². The predicted molar refractivity (Wildman–Crippen MR) is 91.6 cm³/mol. The fourth-order valence-corrected chi connectivity index (χ4v) is 3.98. The van der Waals surface area contributed by atoms with Crippen molar-refractivity contribution in [3.63, 3.8) is 0 Å². The van der Waals surface area contributed by atoms with Gasteiger partial charge in [-0.15, -0.1) is 0 Å². The molecule has 0 unspecified atom stereocenters. The number of likely N-dealkylation sites (N-methyl/N-ethyl adjacent to an activating group) is 2. The molecule has 130 valence electrons. The summed E-state index contributed by atoms with van der Waals surface area (Å²) in [4.78, 5) is 38.4. The Morgan fingerprint density at radius 1 is 1.17 bits per heavy atom. The summed E-state index contributed by atoms with van der Waals surface area (Å²) in [6, 6.07) is -0.203. The number of carbonyl (C=O) groups is 2. The number of urea groups is 1. The quantitative estimate of drug-likeness (QED) is 0.465. The molecule has 3 heterocycles. The van der Waals surface area contributed by atoms with E-state index in [1.54, 1.807) is 30.8 Å². The smallest absolute Gasteiger partial charge is 0.312 e. The van der Waals surface area contributed by atoms with Gasteiger partial charge in [-0.05, 0) is 18.6 Å². The topological polar surface area (TPSA) is 69.6 Å². The number of amides is 3. The van der Waals surface area contributed by atoms with Gasteiger partial charge in [0.05, 0.1) is 0 Å². The zero-order valence-electron chi connectivity index (χ0n) is 14.4. The van der Waals surface area contributed by atoms with E-state index in [0.29, 0.717) is 12.8 Å².